The second-order valence-corrected chi connectivity index (χ2v) is 6.68. The number of hydrogen-bond acceptors (Lipinski definition) is 4. The number of aryl methyl sites for hydroxylation is 1. The van der Waals surface area contributed by atoms with Gasteiger partial charge in [-0.2, -0.15) is 0 Å². The van der Waals surface area contributed by atoms with E-state index < -0.39 is 0 Å². The minimum Gasteiger partial charge on any atom is -0.452 e. The Kier molecular flexibility index (Phi) is 4.12. The quantitative estimate of drug-likeness (QED) is 0.651. The van der Waals surface area contributed by atoms with Gasteiger partial charge in [0.2, 0.25) is 0 Å². The fourth-order valence-electron chi connectivity index (χ4n) is 2.12. The molecule has 21 heavy (non-hydrogen) atoms. The molecule has 0 fully saturated rings. The normalized spacial score (nSPS) is 12.3. The van der Waals surface area contributed by atoms with Crippen LogP contribution in [0.4, 0.5) is 5.69 Å². The van der Waals surface area contributed by atoms with Crippen LogP contribution in [0.5, 0.6) is 0 Å². The monoisotopic (exact) mass is 362 g/mol. The van der Waals surface area contributed by atoms with Gasteiger partial charge in [0.05, 0.1) is 16.7 Å². The summed E-state index contributed by atoms with van der Waals surface area (Å²) in [6.07, 6.45) is 0. The summed E-state index contributed by atoms with van der Waals surface area (Å²) in [6, 6.07) is 12.3. The molecule has 0 aliphatic rings. The molecule has 5 heteroatoms. The summed E-state index contributed by atoms with van der Waals surface area (Å²) in [5, 5.41) is 6.59. The molecule has 0 saturated heterocycles. The van der Waals surface area contributed by atoms with Crippen LogP contribution in [0.15, 0.2) is 50.9 Å². The van der Waals surface area contributed by atoms with Gasteiger partial charge in [-0.05, 0) is 54.0 Å². The van der Waals surface area contributed by atoms with E-state index >= 15 is 0 Å². The lowest BCUT2D eigenvalue weighted by Crippen LogP contribution is -2.05. The summed E-state index contributed by atoms with van der Waals surface area (Å²) in [5.41, 5.74) is 3.23. The lowest BCUT2D eigenvalue weighted by Gasteiger charge is -2.13. The summed E-state index contributed by atoms with van der Waals surface area (Å²) in [5.74, 6) is 0.904. The highest BCUT2D eigenvalue weighted by molar-refractivity contribution is 9.10. The third-order valence-electron chi connectivity index (χ3n) is 3.20. The first kappa shape index (κ1) is 14.4. The highest BCUT2D eigenvalue weighted by Gasteiger charge is 2.10. The van der Waals surface area contributed by atoms with Crippen molar-refractivity contribution in [2.45, 2.75) is 19.9 Å². The number of halogens is 1. The molecule has 108 valence electrons. The van der Waals surface area contributed by atoms with Crippen molar-refractivity contribution >= 4 is 33.0 Å². The van der Waals surface area contributed by atoms with Gasteiger partial charge >= 0.3 is 0 Å². The van der Waals surface area contributed by atoms with Gasteiger partial charge in [-0.25, -0.2) is 4.98 Å². The number of nitrogens with one attached hydrogen (secondary N) is 1. The highest BCUT2D eigenvalue weighted by Crippen LogP contribution is 2.26. The molecule has 2 heterocycles. The third kappa shape index (κ3) is 3.36. The lowest BCUT2D eigenvalue weighted by atomic mass is 10.1. The van der Waals surface area contributed by atoms with E-state index in [9.17, 15) is 0 Å². The molecule has 0 aliphatic carbocycles. The number of benzene rings is 1. The molecule has 0 aliphatic heterocycles. The van der Waals surface area contributed by atoms with Crippen molar-refractivity contribution in [3.8, 4) is 11.3 Å². The maximum atomic E-state index is 5.56. The summed E-state index contributed by atoms with van der Waals surface area (Å²) in [6.45, 7) is 4.09. The number of anilines is 1. The minimum absolute atomic E-state index is 0.115. The molecule has 3 aromatic rings. The zero-order chi connectivity index (χ0) is 14.8. The minimum atomic E-state index is 0.115. The van der Waals surface area contributed by atoms with Gasteiger partial charge in [-0.3, -0.25) is 0 Å². The van der Waals surface area contributed by atoms with Crippen molar-refractivity contribution in [3.05, 3.63) is 57.2 Å². The van der Waals surface area contributed by atoms with Gasteiger partial charge in [-0.1, -0.05) is 12.1 Å². The Morgan fingerprint density at radius 2 is 1.95 bits per heavy atom. The molecule has 1 N–H and O–H groups in total. The van der Waals surface area contributed by atoms with E-state index in [4.69, 9.17) is 4.42 Å². The predicted octanol–water partition coefficient (Wildman–Crippen LogP) is 5.65. The molecule has 1 atom stereocenters. The van der Waals surface area contributed by atoms with Crippen LogP contribution in [-0.4, -0.2) is 4.98 Å². The third-order valence-corrected chi connectivity index (χ3v) is 4.40. The standard InChI is InChI=1S/C16H15BrN2OS/c1-10(15-7-8-16(17)20-15)18-13-5-3-12(4-6-13)14-9-21-11(2)19-14/h3-10,18H,1-2H3. The Morgan fingerprint density at radius 3 is 2.52 bits per heavy atom. The number of furan rings is 1. The van der Waals surface area contributed by atoms with Crippen molar-refractivity contribution in [3.63, 3.8) is 0 Å². The Hall–Kier alpha value is -1.59. The number of rotatable bonds is 4. The van der Waals surface area contributed by atoms with E-state index in [-0.39, 0.29) is 6.04 Å². The first-order valence-electron chi connectivity index (χ1n) is 6.66. The molecule has 0 spiro atoms. The summed E-state index contributed by atoms with van der Waals surface area (Å²) in [7, 11) is 0. The van der Waals surface area contributed by atoms with E-state index in [1.807, 2.05) is 19.1 Å². The molecule has 0 radical (unpaired) electrons. The Labute approximate surface area is 136 Å². The molecule has 2 aromatic heterocycles. The molecule has 0 amide bonds. The second kappa shape index (κ2) is 6.03. The maximum Gasteiger partial charge on any atom is 0.169 e. The van der Waals surface area contributed by atoms with E-state index in [1.54, 1.807) is 11.3 Å². The maximum absolute atomic E-state index is 5.56. The highest BCUT2D eigenvalue weighted by atomic mass is 79.9. The van der Waals surface area contributed by atoms with E-state index in [1.165, 1.54) is 0 Å². The van der Waals surface area contributed by atoms with Crippen molar-refractivity contribution in [1.82, 2.24) is 4.98 Å². The fraction of sp³-hybridized carbons (Fsp3) is 0.188. The van der Waals surface area contributed by atoms with Crippen molar-refractivity contribution in [2.24, 2.45) is 0 Å². The van der Waals surface area contributed by atoms with E-state index in [0.29, 0.717) is 0 Å². The molecule has 0 bridgehead atoms. The van der Waals surface area contributed by atoms with Crippen LogP contribution < -0.4 is 5.32 Å². The molecular formula is C16H15BrN2OS. The van der Waals surface area contributed by atoms with Crippen LogP contribution in [0.2, 0.25) is 0 Å². The number of thiazole rings is 1. The molecule has 0 saturated carbocycles. The zero-order valence-electron chi connectivity index (χ0n) is 11.8. The second-order valence-electron chi connectivity index (χ2n) is 4.84. The van der Waals surface area contributed by atoms with Crippen molar-refractivity contribution in [2.75, 3.05) is 5.32 Å². The van der Waals surface area contributed by atoms with Crippen molar-refractivity contribution < 1.29 is 4.42 Å². The number of aromatic nitrogens is 1. The number of hydrogen-bond donors (Lipinski definition) is 1. The van der Waals surface area contributed by atoms with E-state index in [0.717, 1.165) is 32.4 Å². The van der Waals surface area contributed by atoms with Gasteiger partial charge in [0.15, 0.2) is 4.67 Å². The van der Waals surface area contributed by atoms with Gasteiger partial charge < -0.3 is 9.73 Å². The molecule has 1 aromatic carbocycles. The van der Waals surface area contributed by atoms with Gasteiger partial charge in [0, 0.05) is 16.6 Å². The molecule has 3 rings (SSSR count). The largest absolute Gasteiger partial charge is 0.452 e. The summed E-state index contributed by atoms with van der Waals surface area (Å²) < 4.78 is 6.31. The van der Waals surface area contributed by atoms with Gasteiger partial charge in [0.25, 0.3) is 0 Å². The van der Waals surface area contributed by atoms with Crippen LogP contribution in [0.3, 0.4) is 0 Å². The first-order valence-corrected chi connectivity index (χ1v) is 8.33. The van der Waals surface area contributed by atoms with Crippen LogP contribution >= 0.6 is 27.3 Å². The average Bonchev–Trinajstić information content (AvgIpc) is 3.08. The Morgan fingerprint density at radius 1 is 1.19 bits per heavy atom. The molecule has 3 nitrogen and oxygen atoms in total. The lowest BCUT2D eigenvalue weighted by molar-refractivity contribution is 0.471. The Balaban J connectivity index is 1.72. The van der Waals surface area contributed by atoms with Gasteiger partial charge in [-0.15, -0.1) is 11.3 Å². The van der Waals surface area contributed by atoms with Crippen LogP contribution in [0, 0.1) is 6.92 Å². The number of nitrogens with zero attached hydrogens (tertiary/aromatic N) is 1. The SMILES string of the molecule is Cc1nc(-c2ccc(NC(C)c3ccc(Br)o3)cc2)cs1. The van der Waals surface area contributed by atoms with Crippen LogP contribution in [0.1, 0.15) is 23.7 Å². The van der Waals surface area contributed by atoms with Crippen LogP contribution in [-0.2, 0) is 0 Å². The Bertz CT molecular complexity index is 733. The van der Waals surface area contributed by atoms with Crippen molar-refractivity contribution in [1.29, 1.82) is 0 Å². The summed E-state index contributed by atoms with van der Waals surface area (Å²) in [4.78, 5) is 4.50. The smallest absolute Gasteiger partial charge is 0.169 e. The van der Waals surface area contributed by atoms with Gasteiger partial charge in [0.1, 0.15) is 5.76 Å². The van der Waals surface area contributed by atoms with E-state index in [2.05, 4.69) is 62.8 Å². The molecule has 1 unspecified atom stereocenters. The zero-order valence-corrected chi connectivity index (χ0v) is 14.2. The average molecular weight is 363 g/mol. The van der Waals surface area contributed by atoms with Crippen LogP contribution in [0.25, 0.3) is 11.3 Å². The first-order chi connectivity index (χ1) is 10.1. The fourth-order valence-corrected chi connectivity index (χ4v) is 3.06. The topological polar surface area (TPSA) is 38.1 Å². The molecular weight excluding hydrogens is 348 g/mol. The summed E-state index contributed by atoms with van der Waals surface area (Å²) >= 11 is 4.99. The predicted molar refractivity (Wildman–Crippen MR) is 90.7 cm³/mol.